The summed E-state index contributed by atoms with van der Waals surface area (Å²) in [5.41, 5.74) is 13.5. The summed E-state index contributed by atoms with van der Waals surface area (Å²) in [4.78, 5) is 4.65. The van der Waals surface area contributed by atoms with Crippen LogP contribution in [-0.2, 0) is 0 Å². The Labute approximate surface area is 459 Å². The van der Waals surface area contributed by atoms with Crippen LogP contribution in [0.5, 0.6) is 11.5 Å². The van der Waals surface area contributed by atoms with Crippen molar-refractivity contribution in [2.24, 2.45) is 0 Å². The van der Waals surface area contributed by atoms with Crippen LogP contribution in [0.3, 0.4) is 0 Å². The molecule has 0 fully saturated rings. The molecular formula is C72H88N2O2. The van der Waals surface area contributed by atoms with E-state index in [1.807, 2.05) is 0 Å². The van der Waals surface area contributed by atoms with E-state index in [1.54, 1.807) is 0 Å². The van der Waals surface area contributed by atoms with Crippen LogP contribution in [0.1, 0.15) is 176 Å². The quantitative estimate of drug-likeness (QED) is 0.0297. The zero-order valence-electron chi connectivity index (χ0n) is 46.7. The number of hydrogen-bond donors (Lipinski definition) is 0. The number of nitrogens with zero attached hydrogens (tertiary/aromatic N) is 2. The van der Waals surface area contributed by atoms with Crippen molar-refractivity contribution in [2.45, 2.75) is 156 Å². The number of ether oxygens (including phenoxy) is 2. The monoisotopic (exact) mass is 1010 g/mol. The molecule has 0 amide bonds. The van der Waals surface area contributed by atoms with Crippen LogP contribution in [0.15, 0.2) is 170 Å². The maximum atomic E-state index is 6.80. The molecular weight excluding hydrogens is 925 g/mol. The highest BCUT2D eigenvalue weighted by Gasteiger charge is 2.15. The summed E-state index contributed by atoms with van der Waals surface area (Å²) >= 11 is 0. The molecule has 0 aliphatic carbocycles. The standard InChI is InChI=1S/C72H88N2O2/c1-5-7-9-11-13-15-17-19-21-29-53-75-71-57-64(48-42-62-45-51-68(52-46-62)74(66-37-27-24-28-38-66)70-40-32-34-60(4)56-70)72(76-54-30-22-20-18-16-14-12-10-8-6-2)58-63(71)47-41-61-43-49-67(50-44-61)73(65-35-25-23-26-36-65)69-39-31-33-59(3)55-69/h23-28,31-52,55-58H,5-22,29-30,53-54H2,1-4H3/b47-41+,48-42+. The number of unbranched alkanes of at least 4 members (excludes halogenated alkanes) is 18. The Kier molecular flexibility index (Phi) is 24.4. The van der Waals surface area contributed by atoms with E-state index in [2.05, 4.69) is 232 Å². The first-order valence-corrected chi connectivity index (χ1v) is 29.3. The molecule has 7 rings (SSSR count). The first kappa shape index (κ1) is 56.9. The lowest BCUT2D eigenvalue weighted by Gasteiger charge is -2.25. The van der Waals surface area contributed by atoms with Gasteiger partial charge in [0.15, 0.2) is 0 Å². The average molecular weight is 1010 g/mol. The third-order valence-electron chi connectivity index (χ3n) is 14.4. The Morgan fingerprint density at radius 2 is 0.618 bits per heavy atom. The molecule has 7 aromatic rings. The van der Waals surface area contributed by atoms with Crippen molar-refractivity contribution in [3.8, 4) is 11.5 Å². The Morgan fingerprint density at radius 3 is 0.961 bits per heavy atom. The van der Waals surface area contributed by atoms with Gasteiger partial charge in [-0.15, -0.1) is 0 Å². The molecule has 0 saturated carbocycles. The van der Waals surface area contributed by atoms with E-state index < -0.39 is 0 Å². The number of benzene rings is 7. The van der Waals surface area contributed by atoms with Gasteiger partial charge in [-0.3, -0.25) is 0 Å². The summed E-state index contributed by atoms with van der Waals surface area (Å²) in [6, 6.07) is 60.9. The summed E-state index contributed by atoms with van der Waals surface area (Å²) in [7, 11) is 0. The van der Waals surface area contributed by atoms with Crippen LogP contribution in [0.25, 0.3) is 24.3 Å². The maximum Gasteiger partial charge on any atom is 0.127 e. The van der Waals surface area contributed by atoms with E-state index in [1.165, 1.54) is 127 Å². The van der Waals surface area contributed by atoms with Gasteiger partial charge in [0.1, 0.15) is 11.5 Å². The molecule has 398 valence electrons. The van der Waals surface area contributed by atoms with Gasteiger partial charge in [-0.2, -0.15) is 0 Å². The largest absolute Gasteiger partial charge is 0.493 e. The number of aryl methyl sites for hydroxylation is 2. The minimum Gasteiger partial charge on any atom is -0.493 e. The van der Waals surface area contributed by atoms with E-state index in [9.17, 15) is 0 Å². The lowest BCUT2D eigenvalue weighted by Crippen LogP contribution is -2.09. The van der Waals surface area contributed by atoms with Gasteiger partial charge in [0.2, 0.25) is 0 Å². The highest BCUT2D eigenvalue weighted by Crippen LogP contribution is 2.38. The molecule has 0 bridgehead atoms. The minimum atomic E-state index is 0.683. The van der Waals surface area contributed by atoms with Crippen molar-refractivity contribution in [2.75, 3.05) is 23.0 Å². The van der Waals surface area contributed by atoms with Gasteiger partial charge in [-0.25, -0.2) is 0 Å². The molecule has 0 aliphatic rings. The molecule has 0 heterocycles. The molecule has 76 heavy (non-hydrogen) atoms. The molecule has 0 aromatic heterocycles. The van der Waals surface area contributed by atoms with Crippen LogP contribution in [0.4, 0.5) is 34.1 Å². The van der Waals surface area contributed by atoms with E-state index in [4.69, 9.17) is 9.47 Å². The van der Waals surface area contributed by atoms with Crippen LogP contribution in [0.2, 0.25) is 0 Å². The van der Waals surface area contributed by atoms with Gasteiger partial charge < -0.3 is 19.3 Å². The highest BCUT2D eigenvalue weighted by molar-refractivity contribution is 5.82. The predicted octanol–water partition coefficient (Wildman–Crippen LogP) is 22.2. The summed E-state index contributed by atoms with van der Waals surface area (Å²) in [6.07, 6.45) is 34.7. The van der Waals surface area contributed by atoms with Gasteiger partial charge in [-0.05, 0) is 134 Å². The van der Waals surface area contributed by atoms with Gasteiger partial charge in [-0.1, -0.05) is 239 Å². The molecule has 7 aromatic carbocycles. The van der Waals surface area contributed by atoms with Crippen LogP contribution < -0.4 is 19.3 Å². The predicted molar refractivity (Wildman–Crippen MR) is 331 cm³/mol. The second-order valence-corrected chi connectivity index (χ2v) is 20.9. The number of anilines is 6. The van der Waals surface area contributed by atoms with Crippen molar-refractivity contribution >= 4 is 58.4 Å². The van der Waals surface area contributed by atoms with Gasteiger partial charge in [0, 0.05) is 45.3 Å². The lowest BCUT2D eigenvalue weighted by molar-refractivity contribution is 0.295. The Bertz CT molecular complexity index is 2570. The lowest BCUT2D eigenvalue weighted by atomic mass is 10.0. The summed E-state index contributed by atoms with van der Waals surface area (Å²) in [5, 5.41) is 0. The minimum absolute atomic E-state index is 0.683. The molecule has 0 N–H and O–H groups in total. The van der Waals surface area contributed by atoms with E-state index >= 15 is 0 Å². The van der Waals surface area contributed by atoms with Crippen molar-refractivity contribution in [3.63, 3.8) is 0 Å². The molecule has 0 spiro atoms. The fourth-order valence-electron chi connectivity index (χ4n) is 10.1. The van der Waals surface area contributed by atoms with Crippen molar-refractivity contribution < 1.29 is 9.47 Å². The van der Waals surface area contributed by atoms with E-state index in [0.717, 1.165) is 80.7 Å². The molecule has 0 unspecified atom stereocenters. The third kappa shape index (κ3) is 18.8. The first-order chi connectivity index (χ1) is 37.5. The van der Waals surface area contributed by atoms with Crippen molar-refractivity contribution in [3.05, 3.63) is 203 Å². The van der Waals surface area contributed by atoms with Gasteiger partial charge in [0.05, 0.1) is 13.2 Å². The zero-order valence-corrected chi connectivity index (χ0v) is 46.7. The first-order valence-electron chi connectivity index (χ1n) is 29.3. The maximum absolute atomic E-state index is 6.80. The Hall–Kier alpha value is -6.78. The smallest absolute Gasteiger partial charge is 0.127 e. The van der Waals surface area contributed by atoms with Crippen molar-refractivity contribution in [1.82, 2.24) is 0 Å². The molecule has 0 aliphatic heterocycles. The van der Waals surface area contributed by atoms with Crippen LogP contribution in [0, 0.1) is 13.8 Å². The Balaban J connectivity index is 1.14. The normalized spacial score (nSPS) is 11.4. The van der Waals surface area contributed by atoms with Gasteiger partial charge >= 0.3 is 0 Å². The summed E-state index contributed by atoms with van der Waals surface area (Å²) in [6.45, 7) is 10.3. The molecule has 0 radical (unpaired) electrons. The number of hydrogen-bond acceptors (Lipinski definition) is 4. The average Bonchev–Trinajstić information content (AvgIpc) is 3.44. The molecule has 4 nitrogen and oxygen atoms in total. The van der Waals surface area contributed by atoms with Crippen LogP contribution >= 0.6 is 0 Å². The topological polar surface area (TPSA) is 24.9 Å². The van der Waals surface area contributed by atoms with Crippen LogP contribution in [-0.4, -0.2) is 13.2 Å². The fraction of sp³-hybridized carbons (Fsp3) is 0.361. The SMILES string of the molecule is CCCCCCCCCCCCOc1cc(/C=C/c2ccc(N(c3ccccc3)c3cccc(C)c3)cc2)c(OCCCCCCCCCCCC)cc1/C=C/c1ccc(N(c2ccccc2)c2cccc(C)c2)cc1. The fourth-order valence-corrected chi connectivity index (χ4v) is 10.1. The van der Waals surface area contributed by atoms with E-state index in [0.29, 0.717) is 13.2 Å². The molecule has 0 saturated heterocycles. The number of rotatable bonds is 34. The second kappa shape index (κ2) is 32.6. The second-order valence-electron chi connectivity index (χ2n) is 20.9. The van der Waals surface area contributed by atoms with Gasteiger partial charge in [0.25, 0.3) is 0 Å². The summed E-state index contributed by atoms with van der Waals surface area (Å²) in [5.74, 6) is 1.77. The summed E-state index contributed by atoms with van der Waals surface area (Å²) < 4.78 is 13.6. The molecule has 4 heteroatoms. The van der Waals surface area contributed by atoms with Crippen molar-refractivity contribution in [1.29, 1.82) is 0 Å². The third-order valence-corrected chi connectivity index (χ3v) is 14.4. The highest BCUT2D eigenvalue weighted by atomic mass is 16.5. The number of para-hydroxylation sites is 2. The molecule has 0 atom stereocenters. The zero-order chi connectivity index (χ0) is 52.8. The van der Waals surface area contributed by atoms with E-state index in [-0.39, 0.29) is 0 Å². The Morgan fingerprint density at radius 1 is 0.303 bits per heavy atom.